The first-order valence-electron chi connectivity index (χ1n) is 13.7. The quantitative estimate of drug-likeness (QED) is 0.150. The van der Waals surface area contributed by atoms with E-state index in [-0.39, 0.29) is 5.97 Å². The number of rotatable bonds is 16. The molecule has 3 rings (SSSR count). The number of hydrogen-bond donors (Lipinski definition) is 0. The zero-order valence-electron chi connectivity index (χ0n) is 22.0. The van der Waals surface area contributed by atoms with Gasteiger partial charge < -0.3 is 9.47 Å². The van der Waals surface area contributed by atoms with Crippen LogP contribution in [0, 0.1) is 0 Å². The van der Waals surface area contributed by atoms with Crippen LogP contribution < -0.4 is 9.47 Å². The van der Waals surface area contributed by atoms with E-state index in [1.807, 2.05) is 54.6 Å². The number of hydrogen-bond acceptors (Lipinski definition) is 4. The van der Waals surface area contributed by atoms with E-state index in [0.29, 0.717) is 11.3 Å². The molecule has 0 bridgehead atoms. The summed E-state index contributed by atoms with van der Waals surface area (Å²) in [5.74, 6) is 0.946. The molecule has 0 aliphatic heterocycles. The van der Waals surface area contributed by atoms with Gasteiger partial charge in [0.1, 0.15) is 11.5 Å². The molecule has 0 radical (unpaired) electrons. The second-order valence-electron chi connectivity index (χ2n) is 9.42. The van der Waals surface area contributed by atoms with Crippen molar-refractivity contribution in [3.05, 3.63) is 78.0 Å². The van der Waals surface area contributed by atoms with Crippen LogP contribution in [0.15, 0.2) is 66.9 Å². The fourth-order valence-electron chi connectivity index (χ4n) is 4.14. The topological polar surface area (TPSA) is 48.4 Å². The smallest absolute Gasteiger partial charge is 0.343 e. The predicted molar refractivity (Wildman–Crippen MR) is 148 cm³/mol. The van der Waals surface area contributed by atoms with Gasteiger partial charge in [-0.1, -0.05) is 77.3 Å². The number of aryl methyl sites for hydroxylation is 1. The Labute approximate surface area is 217 Å². The monoisotopic (exact) mass is 487 g/mol. The minimum atomic E-state index is -0.365. The van der Waals surface area contributed by atoms with Gasteiger partial charge >= 0.3 is 5.97 Å². The molecule has 0 amide bonds. The Kier molecular flexibility index (Phi) is 12.0. The third kappa shape index (κ3) is 9.49. The molecule has 4 nitrogen and oxygen atoms in total. The highest BCUT2D eigenvalue weighted by Gasteiger charge is 2.10. The Bertz CT molecular complexity index is 1010. The Hall–Kier alpha value is -3.14. The van der Waals surface area contributed by atoms with Gasteiger partial charge in [0.2, 0.25) is 0 Å². The number of nitrogens with zero attached hydrogens (tertiary/aromatic N) is 1. The van der Waals surface area contributed by atoms with E-state index in [0.717, 1.165) is 36.5 Å². The van der Waals surface area contributed by atoms with Gasteiger partial charge in [-0.2, -0.15) is 0 Å². The number of benzene rings is 2. The average Bonchev–Trinajstić information content (AvgIpc) is 2.92. The number of unbranched alkanes of at least 4 members (excludes halogenated alkanes) is 8. The molecule has 4 heteroatoms. The van der Waals surface area contributed by atoms with Crippen LogP contribution in [0.25, 0.3) is 11.3 Å². The molecule has 2 aromatic carbocycles. The lowest BCUT2D eigenvalue weighted by Gasteiger charge is -2.08. The summed E-state index contributed by atoms with van der Waals surface area (Å²) in [7, 11) is 0. The standard InChI is InChI=1S/C32H41NO3/c1-3-5-7-9-10-11-13-26-14-16-28(17-15-26)32(34)36-30-22-23-31(33-25-30)27-18-20-29(21-19-27)35-24-12-8-6-4-2/h14-23,25H,3-13,24H2,1-2H3. The Balaban J connectivity index is 1.44. The van der Waals surface area contributed by atoms with Gasteiger partial charge in [0.15, 0.2) is 0 Å². The number of carbonyl (C=O) groups is 1. The largest absolute Gasteiger partial charge is 0.494 e. The maximum Gasteiger partial charge on any atom is 0.343 e. The summed E-state index contributed by atoms with van der Waals surface area (Å²) < 4.78 is 11.4. The normalized spacial score (nSPS) is 10.8. The Morgan fingerprint density at radius 1 is 0.694 bits per heavy atom. The first-order valence-corrected chi connectivity index (χ1v) is 13.7. The number of ether oxygens (including phenoxy) is 2. The van der Waals surface area contributed by atoms with Crippen molar-refractivity contribution in [3.63, 3.8) is 0 Å². The second-order valence-corrected chi connectivity index (χ2v) is 9.42. The molecule has 0 aliphatic carbocycles. The molecule has 0 spiro atoms. The Morgan fingerprint density at radius 3 is 2.00 bits per heavy atom. The molecule has 0 fully saturated rings. The summed E-state index contributed by atoms with van der Waals surface area (Å²) in [6.07, 6.45) is 15.1. The molecule has 0 saturated heterocycles. The molecule has 1 heterocycles. The molecule has 0 saturated carbocycles. The zero-order valence-corrected chi connectivity index (χ0v) is 22.0. The molecule has 3 aromatic rings. The molecule has 0 aliphatic rings. The van der Waals surface area contributed by atoms with Crippen molar-refractivity contribution in [1.82, 2.24) is 4.98 Å². The summed E-state index contributed by atoms with van der Waals surface area (Å²) in [6, 6.07) is 19.4. The predicted octanol–water partition coefficient (Wildman–Crippen LogP) is 8.83. The number of pyridine rings is 1. The third-order valence-corrected chi connectivity index (χ3v) is 6.37. The summed E-state index contributed by atoms with van der Waals surface area (Å²) in [6.45, 7) is 5.20. The highest BCUT2D eigenvalue weighted by Crippen LogP contribution is 2.23. The van der Waals surface area contributed by atoms with Crippen LogP contribution in [0.5, 0.6) is 11.5 Å². The highest BCUT2D eigenvalue weighted by atomic mass is 16.5. The van der Waals surface area contributed by atoms with Crippen molar-refractivity contribution < 1.29 is 14.3 Å². The molecule has 36 heavy (non-hydrogen) atoms. The molecule has 0 unspecified atom stereocenters. The van der Waals surface area contributed by atoms with Gasteiger partial charge in [0.05, 0.1) is 24.1 Å². The Morgan fingerprint density at radius 2 is 1.33 bits per heavy atom. The lowest BCUT2D eigenvalue weighted by atomic mass is 10.0. The lowest BCUT2D eigenvalue weighted by molar-refractivity contribution is 0.0734. The first-order chi connectivity index (χ1) is 17.7. The van der Waals surface area contributed by atoms with E-state index < -0.39 is 0 Å². The van der Waals surface area contributed by atoms with Crippen molar-refractivity contribution in [3.8, 4) is 22.8 Å². The molecule has 192 valence electrons. The average molecular weight is 488 g/mol. The molecule has 0 atom stereocenters. The van der Waals surface area contributed by atoms with Crippen LogP contribution in [-0.2, 0) is 6.42 Å². The maximum atomic E-state index is 12.6. The summed E-state index contributed by atoms with van der Waals surface area (Å²) in [5.41, 5.74) is 3.63. The number of esters is 1. The van der Waals surface area contributed by atoms with Gasteiger partial charge in [0, 0.05) is 5.56 Å². The van der Waals surface area contributed by atoms with Gasteiger partial charge in [-0.15, -0.1) is 0 Å². The fourth-order valence-corrected chi connectivity index (χ4v) is 4.14. The third-order valence-electron chi connectivity index (χ3n) is 6.37. The second kappa shape index (κ2) is 15.8. The van der Waals surface area contributed by atoms with Gasteiger partial charge in [-0.05, 0) is 73.4 Å². The molecular weight excluding hydrogens is 446 g/mol. The lowest BCUT2D eigenvalue weighted by Crippen LogP contribution is -2.08. The van der Waals surface area contributed by atoms with E-state index in [9.17, 15) is 4.79 Å². The van der Waals surface area contributed by atoms with Crippen LogP contribution in [0.1, 0.15) is 94.0 Å². The van der Waals surface area contributed by atoms with Gasteiger partial charge in [-0.3, -0.25) is 4.98 Å². The van der Waals surface area contributed by atoms with Crippen LogP contribution >= 0.6 is 0 Å². The van der Waals surface area contributed by atoms with Gasteiger partial charge in [0.25, 0.3) is 0 Å². The van der Waals surface area contributed by atoms with Crippen molar-refractivity contribution in [2.24, 2.45) is 0 Å². The minimum Gasteiger partial charge on any atom is -0.494 e. The molecular formula is C32H41NO3. The van der Waals surface area contributed by atoms with Gasteiger partial charge in [-0.25, -0.2) is 4.79 Å². The summed E-state index contributed by atoms with van der Waals surface area (Å²) >= 11 is 0. The summed E-state index contributed by atoms with van der Waals surface area (Å²) in [4.78, 5) is 17.0. The van der Waals surface area contributed by atoms with Crippen LogP contribution in [0.2, 0.25) is 0 Å². The number of carbonyl (C=O) groups excluding carboxylic acids is 1. The van der Waals surface area contributed by atoms with E-state index in [1.54, 1.807) is 12.3 Å². The van der Waals surface area contributed by atoms with Crippen molar-refractivity contribution in [2.75, 3.05) is 6.61 Å². The number of aromatic nitrogens is 1. The zero-order chi connectivity index (χ0) is 25.4. The summed E-state index contributed by atoms with van der Waals surface area (Å²) in [5, 5.41) is 0. The van der Waals surface area contributed by atoms with E-state index in [4.69, 9.17) is 9.47 Å². The van der Waals surface area contributed by atoms with Crippen molar-refractivity contribution in [1.29, 1.82) is 0 Å². The van der Waals surface area contributed by atoms with E-state index in [2.05, 4.69) is 18.8 Å². The van der Waals surface area contributed by atoms with Crippen LogP contribution in [-0.4, -0.2) is 17.6 Å². The fraction of sp³-hybridized carbons (Fsp3) is 0.438. The van der Waals surface area contributed by atoms with E-state index >= 15 is 0 Å². The molecule has 1 aromatic heterocycles. The highest BCUT2D eigenvalue weighted by molar-refractivity contribution is 5.91. The first kappa shape index (κ1) is 27.4. The van der Waals surface area contributed by atoms with Crippen LogP contribution in [0.4, 0.5) is 0 Å². The molecule has 0 N–H and O–H groups in total. The van der Waals surface area contributed by atoms with Crippen molar-refractivity contribution in [2.45, 2.75) is 84.5 Å². The minimum absolute atomic E-state index is 0.365. The van der Waals surface area contributed by atoms with E-state index in [1.165, 1.54) is 63.4 Å². The SMILES string of the molecule is CCCCCCCCc1ccc(C(=O)Oc2ccc(-c3ccc(OCCCCCC)cc3)nc2)cc1. The van der Waals surface area contributed by atoms with Crippen LogP contribution in [0.3, 0.4) is 0 Å². The maximum absolute atomic E-state index is 12.6. The van der Waals surface area contributed by atoms with Crippen molar-refractivity contribution >= 4 is 5.97 Å².